The number of morpholine rings is 1. The summed E-state index contributed by atoms with van der Waals surface area (Å²) in [4.78, 5) is 12.9. The molecule has 1 fully saturated rings. The average Bonchev–Trinajstić information content (AvgIpc) is 3.16. The third-order valence-electron chi connectivity index (χ3n) is 5.07. The SMILES string of the molecule is Cc1onc(-c2c(F)cccc2Cl)c1C(=O)Nc1ccc(Cl)c(S(=O)(=O)N2CCOCC2)c1. The number of nitrogens with zero attached hydrogens (tertiary/aromatic N) is 2. The van der Waals surface area contributed by atoms with Crippen molar-refractivity contribution in [2.45, 2.75) is 11.8 Å². The molecule has 1 saturated heterocycles. The zero-order valence-electron chi connectivity index (χ0n) is 17.3. The first-order chi connectivity index (χ1) is 15.7. The molecule has 1 amide bonds. The molecule has 33 heavy (non-hydrogen) atoms. The van der Waals surface area contributed by atoms with Gasteiger partial charge in [0.15, 0.2) is 0 Å². The molecule has 0 unspecified atom stereocenters. The molecule has 12 heteroatoms. The number of benzene rings is 2. The molecule has 1 aliphatic heterocycles. The highest BCUT2D eigenvalue weighted by Gasteiger charge is 2.30. The molecule has 0 aliphatic carbocycles. The molecule has 2 heterocycles. The van der Waals surface area contributed by atoms with Gasteiger partial charge in [0, 0.05) is 18.8 Å². The van der Waals surface area contributed by atoms with Gasteiger partial charge in [0.05, 0.1) is 28.8 Å². The van der Waals surface area contributed by atoms with Crippen molar-refractivity contribution in [1.29, 1.82) is 0 Å². The Bertz CT molecular complexity index is 1300. The minimum Gasteiger partial charge on any atom is -0.379 e. The quantitative estimate of drug-likeness (QED) is 0.543. The van der Waals surface area contributed by atoms with Crippen molar-refractivity contribution >= 4 is 44.8 Å². The number of nitrogens with one attached hydrogen (secondary N) is 1. The number of halogens is 3. The van der Waals surface area contributed by atoms with Crippen LogP contribution in [0.2, 0.25) is 10.0 Å². The Kier molecular flexibility index (Phi) is 6.73. The molecule has 0 radical (unpaired) electrons. The standard InChI is InChI=1S/C21H18Cl2FN3O5S/c1-12-18(20(26-32-12)19-15(23)3-2-4-16(19)24)21(28)25-13-5-6-14(22)17(11-13)33(29,30)27-7-9-31-10-8-27/h2-6,11H,7-10H2,1H3,(H,25,28). The van der Waals surface area contributed by atoms with Gasteiger partial charge in [0.1, 0.15) is 27.7 Å². The van der Waals surface area contributed by atoms with E-state index in [0.717, 1.165) is 0 Å². The number of ether oxygens (including phenoxy) is 1. The lowest BCUT2D eigenvalue weighted by Crippen LogP contribution is -2.40. The monoisotopic (exact) mass is 513 g/mol. The molecule has 0 atom stereocenters. The fraction of sp³-hybridized carbons (Fsp3) is 0.238. The number of rotatable bonds is 5. The zero-order valence-corrected chi connectivity index (χ0v) is 19.6. The van der Waals surface area contributed by atoms with Crippen molar-refractivity contribution in [3.8, 4) is 11.3 Å². The number of sulfonamides is 1. The van der Waals surface area contributed by atoms with Crippen molar-refractivity contribution in [2.75, 3.05) is 31.6 Å². The van der Waals surface area contributed by atoms with Crippen LogP contribution in [-0.4, -0.2) is 50.1 Å². The van der Waals surface area contributed by atoms with Gasteiger partial charge >= 0.3 is 0 Å². The number of anilines is 1. The minimum atomic E-state index is -3.90. The predicted molar refractivity (Wildman–Crippen MR) is 121 cm³/mol. The van der Waals surface area contributed by atoms with Gasteiger partial charge in [-0.1, -0.05) is 34.4 Å². The Hall–Kier alpha value is -2.50. The largest absolute Gasteiger partial charge is 0.379 e. The average molecular weight is 514 g/mol. The first-order valence-electron chi connectivity index (χ1n) is 9.79. The Morgan fingerprint density at radius 2 is 1.88 bits per heavy atom. The van der Waals surface area contributed by atoms with Crippen LogP contribution >= 0.6 is 23.2 Å². The molecule has 8 nitrogen and oxygen atoms in total. The van der Waals surface area contributed by atoms with Crippen molar-refractivity contribution in [3.63, 3.8) is 0 Å². The van der Waals surface area contributed by atoms with Gasteiger partial charge < -0.3 is 14.6 Å². The molecule has 0 saturated carbocycles. The molecule has 2 aromatic carbocycles. The number of hydrogen-bond acceptors (Lipinski definition) is 6. The van der Waals surface area contributed by atoms with E-state index in [-0.39, 0.29) is 69.5 Å². The summed E-state index contributed by atoms with van der Waals surface area (Å²) in [6.07, 6.45) is 0. The summed E-state index contributed by atoms with van der Waals surface area (Å²) in [5, 5.41) is 6.48. The van der Waals surface area contributed by atoms with Crippen LogP contribution in [0.15, 0.2) is 45.8 Å². The van der Waals surface area contributed by atoms with E-state index in [1.807, 2.05) is 0 Å². The van der Waals surface area contributed by atoms with Gasteiger partial charge in [-0.05, 0) is 37.3 Å². The van der Waals surface area contributed by atoms with Crippen LogP contribution in [0.25, 0.3) is 11.3 Å². The topological polar surface area (TPSA) is 102 Å². The molecular formula is C21H18Cl2FN3O5S. The smallest absolute Gasteiger partial charge is 0.261 e. The normalized spacial score (nSPS) is 14.9. The summed E-state index contributed by atoms with van der Waals surface area (Å²) in [5.41, 5.74) is -0.00645. The van der Waals surface area contributed by atoms with E-state index >= 15 is 0 Å². The third kappa shape index (κ3) is 4.62. The lowest BCUT2D eigenvalue weighted by molar-refractivity contribution is 0.0730. The summed E-state index contributed by atoms with van der Waals surface area (Å²) < 4.78 is 52.1. The van der Waals surface area contributed by atoms with E-state index in [9.17, 15) is 17.6 Å². The summed E-state index contributed by atoms with van der Waals surface area (Å²) in [6, 6.07) is 8.18. The van der Waals surface area contributed by atoms with Crippen LogP contribution in [0.4, 0.5) is 10.1 Å². The van der Waals surface area contributed by atoms with E-state index in [4.69, 9.17) is 32.5 Å². The van der Waals surface area contributed by atoms with Gasteiger partial charge in [-0.25, -0.2) is 12.8 Å². The Balaban J connectivity index is 1.67. The zero-order chi connectivity index (χ0) is 23.8. The Morgan fingerprint density at radius 1 is 1.15 bits per heavy atom. The lowest BCUT2D eigenvalue weighted by atomic mass is 10.0. The Morgan fingerprint density at radius 3 is 2.58 bits per heavy atom. The second kappa shape index (κ2) is 9.40. The number of aromatic nitrogens is 1. The Labute approximate surface area is 199 Å². The summed E-state index contributed by atoms with van der Waals surface area (Å²) >= 11 is 12.3. The fourth-order valence-electron chi connectivity index (χ4n) is 3.43. The number of carbonyl (C=O) groups is 1. The van der Waals surface area contributed by atoms with Crippen LogP contribution in [-0.2, 0) is 14.8 Å². The van der Waals surface area contributed by atoms with Gasteiger partial charge in [0.2, 0.25) is 10.0 Å². The van der Waals surface area contributed by atoms with Gasteiger partial charge in [-0.15, -0.1) is 0 Å². The van der Waals surface area contributed by atoms with Crippen molar-refractivity contribution in [2.24, 2.45) is 0 Å². The number of hydrogen-bond donors (Lipinski definition) is 1. The maximum atomic E-state index is 14.4. The highest BCUT2D eigenvalue weighted by Crippen LogP contribution is 2.34. The molecule has 1 aromatic heterocycles. The second-order valence-corrected chi connectivity index (χ2v) is 9.90. The third-order valence-corrected chi connectivity index (χ3v) is 7.76. The predicted octanol–water partition coefficient (Wildman–Crippen LogP) is 4.37. The number of carbonyl (C=O) groups excluding carboxylic acids is 1. The van der Waals surface area contributed by atoms with E-state index in [2.05, 4.69) is 10.5 Å². The van der Waals surface area contributed by atoms with Crippen LogP contribution in [0.5, 0.6) is 0 Å². The van der Waals surface area contributed by atoms with Crippen LogP contribution in [0.3, 0.4) is 0 Å². The summed E-state index contributed by atoms with van der Waals surface area (Å²) in [6.45, 7) is 2.45. The van der Waals surface area contributed by atoms with E-state index in [1.165, 1.54) is 47.6 Å². The molecule has 0 bridgehead atoms. The van der Waals surface area contributed by atoms with Crippen LogP contribution < -0.4 is 5.32 Å². The van der Waals surface area contributed by atoms with Crippen LogP contribution in [0, 0.1) is 12.7 Å². The molecule has 0 spiro atoms. The maximum Gasteiger partial charge on any atom is 0.261 e. The first-order valence-corrected chi connectivity index (χ1v) is 12.0. The second-order valence-electron chi connectivity index (χ2n) is 7.17. The number of aryl methyl sites for hydroxylation is 1. The highest BCUT2D eigenvalue weighted by molar-refractivity contribution is 7.89. The minimum absolute atomic E-state index is 0.0134. The molecule has 1 aliphatic rings. The molecule has 174 valence electrons. The first kappa shape index (κ1) is 23.7. The molecule has 1 N–H and O–H groups in total. The van der Waals surface area contributed by atoms with Crippen molar-refractivity contribution in [1.82, 2.24) is 9.46 Å². The summed E-state index contributed by atoms with van der Waals surface area (Å²) in [7, 11) is -3.90. The van der Waals surface area contributed by atoms with Gasteiger partial charge in [-0.2, -0.15) is 4.31 Å². The van der Waals surface area contributed by atoms with E-state index in [1.54, 1.807) is 0 Å². The molecular weight excluding hydrogens is 496 g/mol. The van der Waals surface area contributed by atoms with E-state index in [0.29, 0.717) is 0 Å². The van der Waals surface area contributed by atoms with Crippen molar-refractivity contribution in [3.05, 3.63) is 63.6 Å². The van der Waals surface area contributed by atoms with Crippen LogP contribution in [0.1, 0.15) is 16.1 Å². The van der Waals surface area contributed by atoms with Gasteiger partial charge in [-0.3, -0.25) is 4.79 Å². The van der Waals surface area contributed by atoms with Crippen molar-refractivity contribution < 1.29 is 26.9 Å². The van der Waals surface area contributed by atoms with E-state index < -0.39 is 21.7 Å². The maximum absolute atomic E-state index is 14.4. The lowest BCUT2D eigenvalue weighted by Gasteiger charge is -2.26. The fourth-order valence-corrected chi connectivity index (χ4v) is 5.59. The van der Waals surface area contributed by atoms with Gasteiger partial charge in [0.25, 0.3) is 5.91 Å². The molecule has 4 rings (SSSR count). The number of amides is 1. The molecule has 3 aromatic rings. The summed E-state index contributed by atoms with van der Waals surface area (Å²) in [5.74, 6) is -1.22. The highest BCUT2D eigenvalue weighted by atomic mass is 35.5.